The maximum Gasteiger partial charge on any atom is 0.243 e. The first-order valence-electron chi connectivity index (χ1n) is 10.1. The largest absolute Gasteiger partial charge is 0.491 e. The summed E-state index contributed by atoms with van der Waals surface area (Å²) in [6.45, 7) is 3.31. The number of anilines is 2. The molecule has 0 spiro atoms. The highest BCUT2D eigenvalue weighted by Gasteiger charge is 2.26. The summed E-state index contributed by atoms with van der Waals surface area (Å²) in [6, 6.07) is 23.9. The Morgan fingerprint density at radius 1 is 0.967 bits per heavy atom. The Labute approximate surface area is 177 Å². The third-order valence-electron chi connectivity index (χ3n) is 4.94. The van der Waals surface area contributed by atoms with Crippen LogP contribution < -0.4 is 9.04 Å². The smallest absolute Gasteiger partial charge is 0.243 e. The van der Waals surface area contributed by atoms with Gasteiger partial charge in [-0.15, -0.1) is 0 Å². The lowest BCUT2D eigenvalue weighted by Gasteiger charge is -2.25. The highest BCUT2D eigenvalue weighted by atomic mass is 32.2. The van der Waals surface area contributed by atoms with Crippen LogP contribution in [0.25, 0.3) is 0 Å². The molecule has 3 aromatic rings. The normalized spacial score (nSPS) is 15.6. The molecule has 1 saturated heterocycles. The highest BCUT2D eigenvalue weighted by Crippen LogP contribution is 2.31. The van der Waals surface area contributed by atoms with Gasteiger partial charge in [0, 0.05) is 0 Å². The van der Waals surface area contributed by atoms with E-state index in [1.807, 2.05) is 61.5 Å². The van der Waals surface area contributed by atoms with Crippen molar-refractivity contribution in [2.24, 2.45) is 0 Å². The number of aryl methyl sites for hydroxylation is 1. The SMILES string of the molecule is CCc1cc(CS(=O)(=O)N(c2ccccc2)c2ccccc2)ccc1OCC1CO1. The van der Waals surface area contributed by atoms with E-state index in [1.165, 1.54) is 4.31 Å². The van der Waals surface area contributed by atoms with Gasteiger partial charge in [0.1, 0.15) is 18.5 Å². The lowest BCUT2D eigenvalue weighted by atomic mass is 10.1. The summed E-state index contributed by atoms with van der Waals surface area (Å²) in [5, 5.41) is 0. The summed E-state index contributed by atoms with van der Waals surface area (Å²) < 4.78 is 39.4. The number of nitrogens with zero attached hydrogens (tertiary/aromatic N) is 1. The van der Waals surface area contributed by atoms with Crippen LogP contribution in [0, 0.1) is 0 Å². The van der Waals surface area contributed by atoms with E-state index in [9.17, 15) is 8.42 Å². The van der Waals surface area contributed by atoms with Crippen molar-refractivity contribution in [3.05, 3.63) is 90.0 Å². The summed E-state index contributed by atoms with van der Waals surface area (Å²) in [5.74, 6) is 0.688. The summed E-state index contributed by atoms with van der Waals surface area (Å²) in [6.07, 6.45) is 0.940. The summed E-state index contributed by atoms with van der Waals surface area (Å²) in [4.78, 5) is 0. The summed E-state index contributed by atoms with van der Waals surface area (Å²) >= 11 is 0. The monoisotopic (exact) mass is 423 g/mol. The number of epoxide rings is 1. The molecule has 3 aromatic carbocycles. The molecular weight excluding hydrogens is 398 g/mol. The van der Waals surface area contributed by atoms with E-state index < -0.39 is 10.0 Å². The van der Waals surface area contributed by atoms with Crippen LogP contribution >= 0.6 is 0 Å². The van der Waals surface area contributed by atoms with Gasteiger partial charge in [-0.05, 0) is 47.9 Å². The van der Waals surface area contributed by atoms with E-state index in [0.29, 0.717) is 18.0 Å². The van der Waals surface area contributed by atoms with Crippen molar-refractivity contribution in [1.82, 2.24) is 0 Å². The minimum Gasteiger partial charge on any atom is -0.491 e. The van der Waals surface area contributed by atoms with E-state index in [4.69, 9.17) is 9.47 Å². The predicted molar refractivity (Wildman–Crippen MR) is 119 cm³/mol. The van der Waals surface area contributed by atoms with Gasteiger partial charge in [-0.2, -0.15) is 0 Å². The average molecular weight is 424 g/mol. The summed E-state index contributed by atoms with van der Waals surface area (Å²) in [5.41, 5.74) is 2.96. The maximum atomic E-state index is 13.5. The standard InChI is InChI=1S/C24H25NO4S/c1-2-20-15-19(13-14-24(20)29-17-23-16-28-23)18-30(26,27)25(21-9-5-3-6-10-21)22-11-7-4-8-12-22/h3-15,23H,2,16-18H2,1H3. The Morgan fingerprint density at radius 2 is 1.57 bits per heavy atom. The van der Waals surface area contributed by atoms with E-state index in [-0.39, 0.29) is 11.9 Å². The molecule has 1 aliphatic heterocycles. The molecule has 0 aromatic heterocycles. The van der Waals surface area contributed by atoms with Gasteiger partial charge < -0.3 is 9.47 Å². The van der Waals surface area contributed by atoms with Crippen molar-refractivity contribution >= 4 is 21.4 Å². The number of sulfonamides is 1. The molecular formula is C24H25NO4S. The Balaban J connectivity index is 1.62. The van der Waals surface area contributed by atoms with E-state index in [0.717, 1.165) is 29.9 Å². The lowest BCUT2D eigenvalue weighted by molar-refractivity contribution is 0.261. The van der Waals surface area contributed by atoms with Gasteiger partial charge in [-0.3, -0.25) is 0 Å². The predicted octanol–water partition coefficient (Wildman–Crippen LogP) is 4.69. The molecule has 0 amide bonds. The third kappa shape index (κ3) is 4.83. The van der Waals surface area contributed by atoms with Crippen LogP contribution in [0.4, 0.5) is 11.4 Å². The molecule has 5 nitrogen and oxygen atoms in total. The molecule has 0 bridgehead atoms. The van der Waals surface area contributed by atoms with Crippen LogP contribution in [0.15, 0.2) is 78.9 Å². The quantitative estimate of drug-likeness (QED) is 0.468. The van der Waals surface area contributed by atoms with Crippen LogP contribution in [0.2, 0.25) is 0 Å². The van der Waals surface area contributed by atoms with Crippen molar-refractivity contribution in [2.75, 3.05) is 17.5 Å². The fourth-order valence-electron chi connectivity index (χ4n) is 3.36. The molecule has 156 valence electrons. The number of hydrogen-bond acceptors (Lipinski definition) is 4. The van der Waals surface area contributed by atoms with Crippen LogP contribution in [0.3, 0.4) is 0 Å². The fraction of sp³-hybridized carbons (Fsp3) is 0.250. The molecule has 1 unspecified atom stereocenters. The fourth-order valence-corrected chi connectivity index (χ4v) is 4.97. The van der Waals surface area contributed by atoms with Crippen molar-refractivity contribution in [3.8, 4) is 5.75 Å². The first kappa shape index (κ1) is 20.4. The average Bonchev–Trinajstić information content (AvgIpc) is 3.58. The number of rotatable bonds is 9. The van der Waals surface area contributed by atoms with Crippen molar-refractivity contribution in [3.63, 3.8) is 0 Å². The van der Waals surface area contributed by atoms with Gasteiger partial charge in [0.05, 0.1) is 23.7 Å². The second kappa shape index (κ2) is 8.90. The van der Waals surface area contributed by atoms with Crippen LogP contribution in [-0.2, 0) is 26.9 Å². The molecule has 6 heteroatoms. The second-order valence-electron chi connectivity index (χ2n) is 7.25. The van der Waals surface area contributed by atoms with Crippen LogP contribution in [0.5, 0.6) is 5.75 Å². The highest BCUT2D eigenvalue weighted by molar-refractivity contribution is 7.92. The minimum absolute atomic E-state index is 0.101. The molecule has 30 heavy (non-hydrogen) atoms. The summed E-state index contributed by atoms with van der Waals surface area (Å²) in [7, 11) is -3.66. The topological polar surface area (TPSA) is 59.1 Å². The Kier molecular flexibility index (Phi) is 6.06. The van der Waals surface area contributed by atoms with Gasteiger partial charge >= 0.3 is 0 Å². The van der Waals surface area contributed by atoms with Crippen LogP contribution in [0.1, 0.15) is 18.1 Å². The first-order chi connectivity index (χ1) is 14.6. The molecule has 0 N–H and O–H groups in total. The molecule has 0 radical (unpaired) electrons. The lowest BCUT2D eigenvalue weighted by Crippen LogP contribution is -2.27. The Hall–Kier alpha value is -2.83. The number of ether oxygens (including phenoxy) is 2. The van der Waals surface area contributed by atoms with E-state index in [2.05, 4.69) is 0 Å². The molecule has 0 aliphatic carbocycles. The molecule has 4 rings (SSSR count). The van der Waals surface area contributed by atoms with Gasteiger partial charge in [-0.1, -0.05) is 55.5 Å². The van der Waals surface area contributed by atoms with E-state index >= 15 is 0 Å². The van der Waals surface area contributed by atoms with Gasteiger partial charge in [0.15, 0.2) is 0 Å². The van der Waals surface area contributed by atoms with E-state index in [1.54, 1.807) is 24.3 Å². The van der Waals surface area contributed by atoms with Gasteiger partial charge in [0.2, 0.25) is 10.0 Å². The molecule has 1 fully saturated rings. The van der Waals surface area contributed by atoms with Gasteiger partial charge in [0.25, 0.3) is 0 Å². The number of benzene rings is 3. The van der Waals surface area contributed by atoms with Crippen LogP contribution in [-0.4, -0.2) is 27.7 Å². The maximum absolute atomic E-state index is 13.5. The Bertz CT molecular complexity index is 1040. The third-order valence-corrected chi connectivity index (χ3v) is 6.62. The van der Waals surface area contributed by atoms with Crippen molar-refractivity contribution in [1.29, 1.82) is 0 Å². The number of hydrogen-bond donors (Lipinski definition) is 0. The first-order valence-corrected chi connectivity index (χ1v) is 11.7. The zero-order valence-electron chi connectivity index (χ0n) is 16.9. The van der Waals surface area contributed by atoms with Crippen molar-refractivity contribution in [2.45, 2.75) is 25.2 Å². The number of para-hydroxylation sites is 2. The minimum atomic E-state index is -3.66. The molecule has 0 saturated carbocycles. The zero-order chi connectivity index (χ0) is 21.0. The Morgan fingerprint density at radius 3 is 2.10 bits per heavy atom. The molecule has 1 heterocycles. The van der Waals surface area contributed by atoms with Gasteiger partial charge in [-0.25, -0.2) is 12.7 Å². The van der Waals surface area contributed by atoms with Crippen molar-refractivity contribution < 1.29 is 17.9 Å². The molecule has 1 atom stereocenters. The molecule has 1 aliphatic rings. The zero-order valence-corrected chi connectivity index (χ0v) is 17.7. The second-order valence-corrected chi connectivity index (χ2v) is 9.07.